The summed E-state index contributed by atoms with van der Waals surface area (Å²) in [5, 5.41) is 0. The zero-order valence-electron chi connectivity index (χ0n) is 10.1. The van der Waals surface area contributed by atoms with Gasteiger partial charge in [0.1, 0.15) is 12.4 Å². The Balaban J connectivity index is 2.22. The molecular weight excluding hydrogens is 232 g/mol. The number of nitrogens with two attached hydrogens (primary N) is 1. The van der Waals surface area contributed by atoms with Gasteiger partial charge in [-0.3, -0.25) is 9.78 Å². The molecule has 0 aromatic carbocycles. The number of Topliss-reactive ketones (excluding diaryl/α,β-unsaturated/α-hetero) is 1. The van der Waals surface area contributed by atoms with Crippen molar-refractivity contribution in [3.63, 3.8) is 0 Å². The van der Waals surface area contributed by atoms with Gasteiger partial charge in [-0.25, -0.2) is 4.79 Å². The Morgan fingerprint density at radius 2 is 2.11 bits per heavy atom. The molecule has 1 aromatic rings. The molecule has 0 bridgehead atoms. The van der Waals surface area contributed by atoms with E-state index < -0.39 is 6.09 Å². The zero-order chi connectivity index (χ0) is 13.0. The smallest absolute Gasteiger partial charge is 0.404 e. The molecule has 0 unspecified atom stereocenters. The van der Waals surface area contributed by atoms with E-state index in [-0.39, 0.29) is 17.8 Å². The molecule has 1 saturated carbocycles. The predicted octanol–water partition coefficient (Wildman–Crippen LogP) is 1.56. The van der Waals surface area contributed by atoms with Crippen molar-refractivity contribution >= 4 is 11.9 Å². The van der Waals surface area contributed by atoms with Crippen molar-refractivity contribution in [2.24, 2.45) is 5.73 Å². The minimum Gasteiger partial charge on any atom is -0.449 e. The van der Waals surface area contributed by atoms with E-state index in [1.165, 1.54) is 0 Å². The van der Waals surface area contributed by atoms with Gasteiger partial charge in [0, 0.05) is 30.1 Å². The number of primary amides is 1. The number of carbonyl (C=O) groups is 2. The molecular formula is C13H16N2O3. The van der Waals surface area contributed by atoms with Crippen LogP contribution in [0.4, 0.5) is 4.79 Å². The normalized spacial score (nSPS) is 18.3. The standard InChI is InChI=1S/C13H16N2O3/c14-12(17)18-9-13(6-4-10(16)5-7-13)11-3-1-2-8-15-11/h1-3,8H,4-7,9H2,(H2,14,17). The van der Waals surface area contributed by atoms with E-state index in [0.717, 1.165) is 5.69 Å². The van der Waals surface area contributed by atoms with Gasteiger partial charge in [0.25, 0.3) is 0 Å². The van der Waals surface area contributed by atoms with Crippen molar-refractivity contribution < 1.29 is 14.3 Å². The lowest BCUT2D eigenvalue weighted by molar-refractivity contribution is -0.121. The SMILES string of the molecule is NC(=O)OCC1(c2ccccn2)CCC(=O)CC1. The molecule has 0 spiro atoms. The summed E-state index contributed by atoms with van der Waals surface area (Å²) in [7, 11) is 0. The predicted molar refractivity (Wildman–Crippen MR) is 64.9 cm³/mol. The highest BCUT2D eigenvalue weighted by molar-refractivity contribution is 5.79. The van der Waals surface area contributed by atoms with Gasteiger partial charge in [-0.05, 0) is 25.0 Å². The van der Waals surface area contributed by atoms with Crippen molar-refractivity contribution in [2.45, 2.75) is 31.1 Å². The number of ether oxygens (including phenoxy) is 1. The number of ketones is 1. The number of nitrogens with zero attached hydrogens (tertiary/aromatic N) is 1. The summed E-state index contributed by atoms with van der Waals surface area (Å²) in [6, 6.07) is 5.63. The molecule has 2 rings (SSSR count). The van der Waals surface area contributed by atoms with Crippen LogP contribution < -0.4 is 5.73 Å². The Hall–Kier alpha value is -1.91. The third-order valence-corrected chi connectivity index (χ3v) is 3.46. The second kappa shape index (κ2) is 5.16. The van der Waals surface area contributed by atoms with E-state index >= 15 is 0 Å². The van der Waals surface area contributed by atoms with Crippen LogP contribution in [-0.4, -0.2) is 23.5 Å². The average molecular weight is 248 g/mol. The number of hydrogen-bond donors (Lipinski definition) is 1. The summed E-state index contributed by atoms with van der Waals surface area (Å²) < 4.78 is 4.96. The minimum atomic E-state index is -0.790. The molecule has 1 heterocycles. The molecule has 1 fully saturated rings. The fourth-order valence-electron chi connectivity index (χ4n) is 2.37. The highest BCUT2D eigenvalue weighted by atomic mass is 16.5. The molecule has 0 radical (unpaired) electrons. The summed E-state index contributed by atoms with van der Waals surface area (Å²) in [4.78, 5) is 26.5. The lowest BCUT2D eigenvalue weighted by atomic mass is 9.71. The van der Waals surface area contributed by atoms with Crippen LogP contribution in [0.1, 0.15) is 31.4 Å². The molecule has 5 nitrogen and oxygen atoms in total. The Kier molecular flexibility index (Phi) is 3.60. The molecule has 1 amide bonds. The van der Waals surface area contributed by atoms with E-state index in [0.29, 0.717) is 25.7 Å². The highest BCUT2D eigenvalue weighted by Gasteiger charge is 2.38. The van der Waals surface area contributed by atoms with Crippen LogP contribution >= 0.6 is 0 Å². The van der Waals surface area contributed by atoms with E-state index in [1.54, 1.807) is 6.20 Å². The summed E-state index contributed by atoms with van der Waals surface area (Å²) in [6.07, 6.45) is 3.21. The van der Waals surface area contributed by atoms with Gasteiger partial charge < -0.3 is 10.5 Å². The summed E-state index contributed by atoms with van der Waals surface area (Å²) >= 11 is 0. The van der Waals surface area contributed by atoms with Crippen LogP contribution in [0.15, 0.2) is 24.4 Å². The molecule has 1 aliphatic rings. The number of carbonyl (C=O) groups excluding carboxylic acids is 2. The van der Waals surface area contributed by atoms with Crippen LogP contribution in [0.3, 0.4) is 0 Å². The largest absolute Gasteiger partial charge is 0.449 e. The number of amides is 1. The van der Waals surface area contributed by atoms with Crippen molar-refractivity contribution in [3.05, 3.63) is 30.1 Å². The minimum absolute atomic E-state index is 0.187. The first-order valence-electron chi connectivity index (χ1n) is 5.98. The van der Waals surface area contributed by atoms with Gasteiger partial charge in [0.05, 0.1) is 0 Å². The Labute approximate surface area is 105 Å². The number of rotatable bonds is 3. The van der Waals surface area contributed by atoms with Crippen LogP contribution in [0.25, 0.3) is 0 Å². The summed E-state index contributed by atoms with van der Waals surface area (Å²) in [5.41, 5.74) is 5.51. The van der Waals surface area contributed by atoms with E-state index in [1.807, 2.05) is 18.2 Å². The van der Waals surface area contributed by atoms with Gasteiger partial charge >= 0.3 is 6.09 Å². The monoisotopic (exact) mass is 248 g/mol. The lowest BCUT2D eigenvalue weighted by Crippen LogP contribution is -2.38. The zero-order valence-corrected chi connectivity index (χ0v) is 10.1. The quantitative estimate of drug-likeness (QED) is 0.879. The molecule has 0 atom stereocenters. The number of aromatic nitrogens is 1. The molecule has 5 heteroatoms. The highest BCUT2D eigenvalue weighted by Crippen LogP contribution is 2.37. The van der Waals surface area contributed by atoms with Crippen LogP contribution in [0.2, 0.25) is 0 Å². The maximum Gasteiger partial charge on any atom is 0.404 e. The van der Waals surface area contributed by atoms with Gasteiger partial charge in [-0.15, -0.1) is 0 Å². The van der Waals surface area contributed by atoms with E-state index in [2.05, 4.69) is 4.98 Å². The van der Waals surface area contributed by atoms with Crippen LogP contribution in [0.5, 0.6) is 0 Å². The van der Waals surface area contributed by atoms with Crippen molar-refractivity contribution in [1.29, 1.82) is 0 Å². The van der Waals surface area contributed by atoms with Gasteiger partial charge in [-0.2, -0.15) is 0 Å². The average Bonchev–Trinajstić information content (AvgIpc) is 2.39. The van der Waals surface area contributed by atoms with Gasteiger partial charge in [0.15, 0.2) is 0 Å². The first-order chi connectivity index (χ1) is 8.62. The molecule has 96 valence electrons. The first-order valence-corrected chi connectivity index (χ1v) is 5.98. The fraction of sp³-hybridized carbons (Fsp3) is 0.462. The van der Waals surface area contributed by atoms with Crippen LogP contribution in [0, 0.1) is 0 Å². The number of pyridine rings is 1. The number of hydrogen-bond acceptors (Lipinski definition) is 4. The third-order valence-electron chi connectivity index (χ3n) is 3.46. The second-order valence-corrected chi connectivity index (χ2v) is 4.64. The topological polar surface area (TPSA) is 82.3 Å². The Bertz CT molecular complexity index is 435. The second-order valence-electron chi connectivity index (χ2n) is 4.64. The Morgan fingerprint density at radius 3 is 2.67 bits per heavy atom. The van der Waals surface area contributed by atoms with Crippen molar-refractivity contribution in [1.82, 2.24) is 4.98 Å². The van der Waals surface area contributed by atoms with E-state index in [4.69, 9.17) is 10.5 Å². The molecule has 2 N–H and O–H groups in total. The molecule has 1 aromatic heterocycles. The Morgan fingerprint density at radius 1 is 1.39 bits per heavy atom. The van der Waals surface area contributed by atoms with Gasteiger partial charge in [-0.1, -0.05) is 6.07 Å². The molecule has 0 aliphatic heterocycles. The third kappa shape index (κ3) is 2.67. The summed E-state index contributed by atoms with van der Waals surface area (Å²) in [6.45, 7) is 0.187. The van der Waals surface area contributed by atoms with Crippen LogP contribution in [-0.2, 0) is 14.9 Å². The van der Waals surface area contributed by atoms with Gasteiger partial charge in [0.2, 0.25) is 0 Å². The van der Waals surface area contributed by atoms with E-state index in [9.17, 15) is 9.59 Å². The first kappa shape index (κ1) is 12.5. The van der Waals surface area contributed by atoms with Crippen molar-refractivity contribution in [2.75, 3.05) is 6.61 Å². The maximum absolute atomic E-state index is 11.4. The summed E-state index contributed by atoms with van der Waals surface area (Å²) in [5.74, 6) is 0.251. The maximum atomic E-state index is 11.4. The lowest BCUT2D eigenvalue weighted by Gasteiger charge is -2.35. The van der Waals surface area contributed by atoms with Crippen molar-refractivity contribution in [3.8, 4) is 0 Å². The molecule has 0 saturated heterocycles. The molecule has 18 heavy (non-hydrogen) atoms. The molecule has 1 aliphatic carbocycles. The fourth-order valence-corrected chi connectivity index (χ4v) is 2.37.